The predicted octanol–water partition coefficient (Wildman–Crippen LogP) is 1.72. The highest BCUT2D eigenvalue weighted by molar-refractivity contribution is 6.30. The molecule has 0 radical (unpaired) electrons. The van der Waals surface area contributed by atoms with Gasteiger partial charge in [-0.05, 0) is 44.5 Å². The molecule has 7 nitrogen and oxygen atoms in total. The van der Waals surface area contributed by atoms with Gasteiger partial charge in [0, 0.05) is 25.5 Å². The molecule has 2 saturated heterocycles. The molecular weight excluding hydrogens is 368 g/mol. The molecule has 0 aliphatic carbocycles. The number of rotatable bonds is 4. The number of carbonyl (C=O) groups is 1. The lowest BCUT2D eigenvalue weighted by atomic mass is 9.98. The first-order chi connectivity index (χ1) is 13.1. The third-order valence-corrected chi connectivity index (χ3v) is 5.63. The molecule has 0 spiro atoms. The van der Waals surface area contributed by atoms with Crippen LogP contribution in [0.3, 0.4) is 0 Å². The van der Waals surface area contributed by atoms with Crippen molar-refractivity contribution >= 4 is 23.2 Å². The number of imidazole rings is 1. The van der Waals surface area contributed by atoms with E-state index in [1.807, 2.05) is 0 Å². The van der Waals surface area contributed by atoms with E-state index >= 15 is 0 Å². The Morgan fingerprint density at radius 2 is 2.11 bits per heavy atom. The number of hydrogen-bond donors (Lipinski definition) is 2. The number of likely N-dealkylation sites (tertiary alicyclic amines) is 1. The Hall–Kier alpha value is -1.67. The topological polar surface area (TPSA) is 79.1 Å². The van der Waals surface area contributed by atoms with Gasteiger partial charge in [0.15, 0.2) is 0 Å². The van der Waals surface area contributed by atoms with E-state index in [2.05, 4.69) is 15.2 Å². The third kappa shape index (κ3) is 4.27. The van der Waals surface area contributed by atoms with Crippen molar-refractivity contribution in [3.63, 3.8) is 0 Å². The maximum absolute atomic E-state index is 12.6. The van der Waals surface area contributed by atoms with Crippen LogP contribution < -0.4 is 5.32 Å². The number of fused-ring (bicyclic) bond motifs is 1. The second-order valence-electron chi connectivity index (χ2n) is 7.37. The molecule has 3 atom stereocenters. The van der Waals surface area contributed by atoms with Gasteiger partial charge in [-0.2, -0.15) is 0 Å². The van der Waals surface area contributed by atoms with Gasteiger partial charge in [0.25, 0.3) is 5.91 Å². The van der Waals surface area contributed by atoms with Crippen molar-refractivity contribution in [1.82, 2.24) is 19.6 Å². The zero-order valence-electron chi connectivity index (χ0n) is 15.2. The van der Waals surface area contributed by atoms with Gasteiger partial charge in [-0.1, -0.05) is 18.0 Å². The van der Waals surface area contributed by atoms with E-state index in [0.29, 0.717) is 35.9 Å². The summed E-state index contributed by atoms with van der Waals surface area (Å²) in [7, 11) is 0. The molecule has 2 aromatic rings. The van der Waals surface area contributed by atoms with E-state index in [9.17, 15) is 9.90 Å². The van der Waals surface area contributed by atoms with Crippen LogP contribution in [-0.4, -0.2) is 69.8 Å². The summed E-state index contributed by atoms with van der Waals surface area (Å²) in [5.74, 6) is -0.294. The Bertz CT molecular complexity index is 805. The zero-order chi connectivity index (χ0) is 18.8. The average molecular weight is 393 g/mol. The van der Waals surface area contributed by atoms with Gasteiger partial charge in [0.2, 0.25) is 0 Å². The normalized spacial score (nSPS) is 27.0. The van der Waals surface area contributed by atoms with Crippen LogP contribution in [0.2, 0.25) is 5.02 Å². The van der Waals surface area contributed by atoms with Crippen LogP contribution >= 0.6 is 11.6 Å². The Kier molecular flexibility index (Phi) is 5.63. The van der Waals surface area contributed by atoms with E-state index in [1.54, 1.807) is 28.9 Å². The lowest BCUT2D eigenvalue weighted by Gasteiger charge is -2.38. The van der Waals surface area contributed by atoms with Gasteiger partial charge in [-0.15, -0.1) is 0 Å². The van der Waals surface area contributed by atoms with Crippen molar-refractivity contribution in [3.8, 4) is 0 Å². The van der Waals surface area contributed by atoms with E-state index in [1.165, 1.54) is 19.3 Å². The summed E-state index contributed by atoms with van der Waals surface area (Å²) in [6.07, 6.45) is 6.60. The molecule has 2 aliphatic heterocycles. The fraction of sp³-hybridized carbons (Fsp3) is 0.579. The van der Waals surface area contributed by atoms with E-state index < -0.39 is 6.10 Å². The molecule has 4 heterocycles. The molecule has 0 bridgehead atoms. The Morgan fingerprint density at radius 1 is 1.30 bits per heavy atom. The Balaban J connectivity index is 1.40. The van der Waals surface area contributed by atoms with Crippen LogP contribution in [0, 0.1) is 0 Å². The molecule has 27 heavy (non-hydrogen) atoms. The predicted molar refractivity (Wildman–Crippen MR) is 102 cm³/mol. The Morgan fingerprint density at radius 3 is 2.93 bits per heavy atom. The summed E-state index contributed by atoms with van der Waals surface area (Å²) in [5.41, 5.74) is 0.962. The molecular formula is C19H25ClN4O3. The number of hydrogen-bond acceptors (Lipinski definition) is 5. The fourth-order valence-corrected chi connectivity index (χ4v) is 4.07. The van der Waals surface area contributed by atoms with Gasteiger partial charge >= 0.3 is 0 Å². The maximum Gasteiger partial charge on any atom is 0.271 e. The number of carbonyl (C=O) groups excluding carboxylic acids is 1. The van der Waals surface area contributed by atoms with Crippen molar-refractivity contribution in [2.24, 2.45) is 0 Å². The van der Waals surface area contributed by atoms with E-state index in [-0.39, 0.29) is 18.1 Å². The zero-order valence-corrected chi connectivity index (χ0v) is 15.9. The monoisotopic (exact) mass is 392 g/mol. The summed E-state index contributed by atoms with van der Waals surface area (Å²) in [5, 5.41) is 14.2. The highest BCUT2D eigenvalue weighted by Gasteiger charge is 2.35. The molecule has 2 N–H and O–H groups in total. The largest absolute Gasteiger partial charge is 0.388 e. The van der Waals surface area contributed by atoms with Crippen LogP contribution in [-0.2, 0) is 4.74 Å². The molecule has 146 valence electrons. The fourth-order valence-electron chi connectivity index (χ4n) is 3.91. The molecule has 0 saturated carbocycles. The number of nitrogens with one attached hydrogen (secondary N) is 1. The number of aromatic nitrogens is 2. The first-order valence-corrected chi connectivity index (χ1v) is 9.95. The summed E-state index contributed by atoms with van der Waals surface area (Å²) in [6.45, 7) is 3.34. The highest BCUT2D eigenvalue weighted by Crippen LogP contribution is 2.19. The van der Waals surface area contributed by atoms with Gasteiger partial charge in [-0.3, -0.25) is 4.79 Å². The van der Waals surface area contributed by atoms with Crippen molar-refractivity contribution in [1.29, 1.82) is 0 Å². The standard InChI is InChI=1S/C19H25ClN4O3/c20-13-4-5-17-21-15(11-24(17)10-13)19(26)22-14-6-9-27-16(18(14)25)12-23-7-2-1-3-8-23/h4-5,10-11,14,16,18,25H,1-3,6-9,12H2,(H,22,26)/t14-,16+,18-/m0/s1. The first kappa shape index (κ1) is 18.7. The van der Waals surface area contributed by atoms with Crippen LogP contribution in [0.4, 0.5) is 0 Å². The van der Waals surface area contributed by atoms with Gasteiger partial charge < -0.3 is 24.5 Å². The lowest BCUT2D eigenvalue weighted by Crippen LogP contribution is -2.56. The summed E-state index contributed by atoms with van der Waals surface area (Å²) >= 11 is 5.98. The van der Waals surface area contributed by atoms with Gasteiger partial charge in [0.05, 0.1) is 17.2 Å². The Labute approximate surface area is 163 Å². The molecule has 4 rings (SSSR count). The SMILES string of the molecule is O=C(N[C@H]1CCO[C@H](CN2CCCCC2)[C@H]1O)c1cn2cc(Cl)ccc2n1. The number of amides is 1. The van der Waals surface area contributed by atoms with Gasteiger partial charge in [0.1, 0.15) is 17.4 Å². The second kappa shape index (κ2) is 8.14. The quantitative estimate of drug-likeness (QED) is 0.828. The van der Waals surface area contributed by atoms with Crippen LogP contribution in [0.25, 0.3) is 5.65 Å². The number of piperidine rings is 1. The van der Waals surface area contributed by atoms with Crippen LogP contribution in [0.15, 0.2) is 24.5 Å². The molecule has 1 amide bonds. The summed E-state index contributed by atoms with van der Waals surface area (Å²) in [6, 6.07) is 3.16. The van der Waals surface area contributed by atoms with Crippen LogP contribution in [0.1, 0.15) is 36.2 Å². The minimum atomic E-state index is -0.726. The number of aliphatic hydroxyl groups excluding tert-OH is 1. The first-order valence-electron chi connectivity index (χ1n) is 9.57. The van der Waals surface area contributed by atoms with Crippen molar-refractivity contribution in [2.45, 2.75) is 43.9 Å². The molecule has 0 aromatic carbocycles. The minimum Gasteiger partial charge on any atom is -0.388 e. The molecule has 2 aliphatic rings. The van der Waals surface area contributed by atoms with Crippen molar-refractivity contribution in [3.05, 3.63) is 35.2 Å². The second-order valence-corrected chi connectivity index (χ2v) is 7.81. The lowest BCUT2D eigenvalue weighted by molar-refractivity contribution is -0.101. The minimum absolute atomic E-state index is 0.276. The third-order valence-electron chi connectivity index (χ3n) is 5.40. The molecule has 2 fully saturated rings. The van der Waals surface area contributed by atoms with Crippen LogP contribution in [0.5, 0.6) is 0 Å². The maximum atomic E-state index is 12.6. The number of halogens is 1. The average Bonchev–Trinajstić information content (AvgIpc) is 3.09. The summed E-state index contributed by atoms with van der Waals surface area (Å²) in [4.78, 5) is 19.3. The highest BCUT2D eigenvalue weighted by atomic mass is 35.5. The number of pyridine rings is 1. The number of ether oxygens (including phenoxy) is 1. The van der Waals surface area contributed by atoms with E-state index in [4.69, 9.17) is 16.3 Å². The molecule has 8 heteroatoms. The molecule has 2 aromatic heterocycles. The van der Waals surface area contributed by atoms with Gasteiger partial charge in [-0.25, -0.2) is 4.98 Å². The molecule has 0 unspecified atom stereocenters. The van der Waals surface area contributed by atoms with Crippen molar-refractivity contribution in [2.75, 3.05) is 26.2 Å². The number of nitrogens with zero attached hydrogens (tertiary/aromatic N) is 3. The van der Waals surface area contributed by atoms with E-state index in [0.717, 1.165) is 13.1 Å². The summed E-state index contributed by atoms with van der Waals surface area (Å²) < 4.78 is 7.51. The smallest absolute Gasteiger partial charge is 0.271 e. The van der Waals surface area contributed by atoms with Crippen molar-refractivity contribution < 1.29 is 14.6 Å². The number of aliphatic hydroxyl groups is 1.